The molecule has 0 spiro atoms. The summed E-state index contributed by atoms with van der Waals surface area (Å²) in [4.78, 5) is 19.0. The van der Waals surface area contributed by atoms with Crippen LogP contribution in [-0.2, 0) is 4.74 Å². The molecule has 1 aliphatic rings. The van der Waals surface area contributed by atoms with Gasteiger partial charge in [0, 0.05) is 17.7 Å². The Kier molecular flexibility index (Phi) is 4.24. The van der Waals surface area contributed by atoms with Crippen LogP contribution in [0.4, 0.5) is 4.39 Å². The maximum absolute atomic E-state index is 14.3. The second-order valence-electron chi connectivity index (χ2n) is 6.60. The molecule has 1 amide bonds. The fourth-order valence-electron chi connectivity index (χ4n) is 3.31. The molecule has 1 aliphatic heterocycles. The summed E-state index contributed by atoms with van der Waals surface area (Å²) in [7, 11) is 0. The highest BCUT2D eigenvalue weighted by molar-refractivity contribution is 5.95. The van der Waals surface area contributed by atoms with Crippen molar-refractivity contribution in [2.75, 3.05) is 19.7 Å². The minimum atomic E-state index is -0.545. The minimum absolute atomic E-state index is 0.205. The average molecular weight is 394 g/mol. The van der Waals surface area contributed by atoms with E-state index in [-0.39, 0.29) is 23.9 Å². The lowest BCUT2D eigenvalue weighted by atomic mass is 10.1. The minimum Gasteiger partial charge on any atom is -0.436 e. The van der Waals surface area contributed by atoms with E-state index in [2.05, 4.69) is 25.6 Å². The van der Waals surface area contributed by atoms with Crippen LogP contribution in [0, 0.1) is 5.82 Å². The summed E-state index contributed by atoms with van der Waals surface area (Å²) < 4.78 is 25.6. The molecule has 9 nitrogen and oxygen atoms in total. The standard InChI is InChI=1S/C19H15FN6O3/c20-13-8-11(18-21-14-3-1-2-4-15(14)29-18)7-12(9-13)19(27)26-5-6-28-16(10-26)17-22-24-25-23-17/h1-4,7-9,16H,5-6,10H2,(H,22,23,24,25). The van der Waals surface area contributed by atoms with Crippen molar-refractivity contribution in [2.45, 2.75) is 6.10 Å². The first kappa shape index (κ1) is 17.4. The number of nitrogens with one attached hydrogen (secondary N) is 1. The number of aromatic amines is 1. The highest BCUT2D eigenvalue weighted by atomic mass is 19.1. The van der Waals surface area contributed by atoms with Crippen molar-refractivity contribution in [2.24, 2.45) is 0 Å². The fraction of sp³-hybridized carbons (Fsp3) is 0.211. The van der Waals surface area contributed by atoms with E-state index in [1.54, 1.807) is 23.1 Å². The van der Waals surface area contributed by atoms with E-state index < -0.39 is 11.9 Å². The van der Waals surface area contributed by atoms with Gasteiger partial charge in [-0.25, -0.2) is 9.37 Å². The fourth-order valence-corrected chi connectivity index (χ4v) is 3.31. The van der Waals surface area contributed by atoms with Crippen LogP contribution in [0.25, 0.3) is 22.6 Å². The lowest BCUT2D eigenvalue weighted by Crippen LogP contribution is -2.42. The molecule has 1 saturated heterocycles. The predicted octanol–water partition coefficient (Wildman–Crippen LogP) is 2.36. The van der Waals surface area contributed by atoms with Gasteiger partial charge in [0.2, 0.25) is 11.7 Å². The Bertz CT molecular complexity index is 1140. The Hall–Kier alpha value is -3.66. The molecular formula is C19H15FN6O3. The SMILES string of the molecule is O=C(c1cc(F)cc(-c2nc3ccccc3o2)c1)N1CCOC(c2nn[nH]n2)C1. The Morgan fingerprint density at radius 2 is 2.14 bits per heavy atom. The van der Waals surface area contributed by atoms with Crippen LogP contribution in [0.1, 0.15) is 22.3 Å². The zero-order chi connectivity index (χ0) is 19.8. The number of fused-ring (bicyclic) bond motifs is 1. The van der Waals surface area contributed by atoms with E-state index in [0.717, 1.165) is 0 Å². The number of aromatic nitrogens is 5. The number of morpholine rings is 1. The van der Waals surface area contributed by atoms with Gasteiger partial charge in [0.15, 0.2) is 5.58 Å². The third kappa shape index (κ3) is 3.34. The highest BCUT2D eigenvalue weighted by Crippen LogP contribution is 2.27. The van der Waals surface area contributed by atoms with E-state index in [9.17, 15) is 9.18 Å². The molecule has 1 N–H and O–H groups in total. The van der Waals surface area contributed by atoms with Crippen LogP contribution in [0.5, 0.6) is 0 Å². The van der Waals surface area contributed by atoms with Crippen LogP contribution in [0.2, 0.25) is 0 Å². The van der Waals surface area contributed by atoms with Crippen molar-refractivity contribution in [3.05, 3.63) is 59.7 Å². The van der Waals surface area contributed by atoms with Crippen LogP contribution < -0.4 is 0 Å². The largest absolute Gasteiger partial charge is 0.436 e. The summed E-state index contributed by atoms with van der Waals surface area (Å²) >= 11 is 0. The van der Waals surface area contributed by atoms with Crippen molar-refractivity contribution >= 4 is 17.0 Å². The van der Waals surface area contributed by atoms with Gasteiger partial charge in [0.1, 0.15) is 17.4 Å². The van der Waals surface area contributed by atoms with E-state index in [4.69, 9.17) is 9.15 Å². The number of ether oxygens (including phenoxy) is 1. The number of nitrogens with zero attached hydrogens (tertiary/aromatic N) is 5. The normalized spacial score (nSPS) is 17.0. The van der Waals surface area contributed by atoms with Crippen molar-refractivity contribution in [1.29, 1.82) is 0 Å². The monoisotopic (exact) mass is 394 g/mol. The van der Waals surface area contributed by atoms with Crippen LogP contribution in [0.3, 0.4) is 0 Å². The summed E-state index contributed by atoms with van der Waals surface area (Å²) in [6, 6.07) is 11.3. The third-order valence-electron chi connectivity index (χ3n) is 4.69. The van der Waals surface area contributed by atoms with Crippen molar-refractivity contribution in [3.63, 3.8) is 0 Å². The summed E-state index contributed by atoms with van der Waals surface area (Å²) in [5.41, 5.74) is 1.86. The average Bonchev–Trinajstić information content (AvgIpc) is 3.43. The molecule has 1 atom stereocenters. The van der Waals surface area contributed by atoms with Crippen LogP contribution >= 0.6 is 0 Å². The second-order valence-corrected chi connectivity index (χ2v) is 6.60. The molecule has 3 heterocycles. The number of benzene rings is 2. The molecular weight excluding hydrogens is 379 g/mol. The van der Waals surface area contributed by atoms with Crippen LogP contribution in [0.15, 0.2) is 46.9 Å². The Morgan fingerprint density at radius 1 is 1.24 bits per heavy atom. The Morgan fingerprint density at radius 3 is 2.97 bits per heavy atom. The van der Waals surface area contributed by atoms with Gasteiger partial charge >= 0.3 is 0 Å². The number of oxazole rings is 1. The van der Waals surface area contributed by atoms with Crippen molar-refractivity contribution < 1.29 is 18.3 Å². The summed E-state index contributed by atoms with van der Waals surface area (Å²) in [5.74, 6) is -0.241. The number of hydrogen-bond acceptors (Lipinski definition) is 7. The summed E-state index contributed by atoms with van der Waals surface area (Å²) in [6.07, 6.45) is -0.489. The molecule has 146 valence electrons. The van der Waals surface area contributed by atoms with Crippen molar-refractivity contribution in [3.8, 4) is 11.5 Å². The zero-order valence-electron chi connectivity index (χ0n) is 15.1. The first-order valence-corrected chi connectivity index (χ1v) is 8.98. The number of para-hydroxylation sites is 2. The Labute approximate surface area is 163 Å². The number of amides is 1. The Balaban J connectivity index is 1.44. The maximum Gasteiger partial charge on any atom is 0.254 e. The van der Waals surface area contributed by atoms with Gasteiger partial charge in [-0.15, -0.1) is 10.2 Å². The number of carbonyl (C=O) groups excluding carboxylic acids is 1. The van der Waals surface area contributed by atoms with Gasteiger partial charge in [0.25, 0.3) is 5.91 Å². The van der Waals surface area contributed by atoms with Crippen molar-refractivity contribution in [1.82, 2.24) is 30.5 Å². The summed E-state index contributed by atoms with van der Waals surface area (Å²) in [5, 5.41) is 13.7. The number of halogens is 1. The van der Waals surface area contributed by atoms with Gasteiger partial charge in [-0.3, -0.25) is 4.79 Å². The van der Waals surface area contributed by atoms with E-state index in [0.29, 0.717) is 35.6 Å². The molecule has 29 heavy (non-hydrogen) atoms. The summed E-state index contributed by atoms with van der Waals surface area (Å²) in [6.45, 7) is 0.938. The first-order valence-electron chi connectivity index (χ1n) is 8.98. The molecule has 5 rings (SSSR count). The smallest absolute Gasteiger partial charge is 0.254 e. The molecule has 2 aromatic heterocycles. The quantitative estimate of drug-likeness (QED) is 0.568. The molecule has 0 radical (unpaired) electrons. The first-order chi connectivity index (χ1) is 14.2. The third-order valence-corrected chi connectivity index (χ3v) is 4.69. The molecule has 1 unspecified atom stereocenters. The van der Waals surface area contributed by atoms with Crippen LogP contribution in [-0.4, -0.2) is 56.1 Å². The maximum atomic E-state index is 14.3. The van der Waals surface area contributed by atoms with E-state index >= 15 is 0 Å². The number of rotatable bonds is 3. The predicted molar refractivity (Wildman–Crippen MR) is 98.2 cm³/mol. The zero-order valence-corrected chi connectivity index (χ0v) is 15.1. The van der Waals surface area contributed by atoms with Gasteiger partial charge in [-0.05, 0) is 30.3 Å². The lowest BCUT2D eigenvalue weighted by Gasteiger charge is -2.31. The topological polar surface area (TPSA) is 110 Å². The molecule has 0 saturated carbocycles. The molecule has 10 heteroatoms. The van der Waals surface area contributed by atoms with Gasteiger partial charge in [0.05, 0.1) is 13.2 Å². The van der Waals surface area contributed by atoms with Gasteiger partial charge in [-0.2, -0.15) is 5.21 Å². The number of H-pyrrole nitrogens is 1. The highest BCUT2D eigenvalue weighted by Gasteiger charge is 2.29. The van der Waals surface area contributed by atoms with Gasteiger partial charge in [-0.1, -0.05) is 17.3 Å². The van der Waals surface area contributed by atoms with Gasteiger partial charge < -0.3 is 14.1 Å². The molecule has 4 aromatic rings. The van der Waals surface area contributed by atoms with E-state index in [1.807, 2.05) is 12.1 Å². The molecule has 0 bridgehead atoms. The lowest BCUT2D eigenvalue weighted by molar-refractivity contribution is -0.0268. The molecule has 0 aliphatic carbocycles. The number of tetrazole rings is 1. The number of carbonyl (C=O) groups is 1. The molecule has 2 aromatic carbocycles. The second kappa shape index (κ2) is 7.06. The number of hydrogen-bond donors (Lipinski definition) is 1. The van der Waals surface area contributed by atoms with E-state index in [1.165, 1.54) is 12.1 Å². The molecule has 1 fully saturated rings.